The van der Waals surface area contributed by atoms with Crippen molar-refractivity contribution in [2.75, 3.05) is 20.3 Å². The highest BCUT2D eigenvalue weighted by molar-refractivity contribution is 5.31. The van der Waals surface area contributed by atoms with Gasteiger partial charge in [-0.05, 0) is 44.0 Å². The molecule has 0 aromatic heterocycles. The normalized spacial score (nSPS) is 16.4. The highest BCUT2D eigenvalue weighted by atomic mass is 19.3. The van der Waals surface area contributed by atoms with Crippen molar-refractivity contribution in [3.63, 3.8) is 0 Å². The minimum atomic E-state index is -2.40. The van der Waals surface area contributed by atoms with Crippen LogP contribution in [0.2, 0.25) is 0 Å². The first kappa shape index (κ1) is 15.2. The summed E-state index contributed by atoms with van der Waals surface area (Å²) in [7, 11) is 1.85. The molecular weight excluding hydrogens is 264 g/mol. The minimum Gasteiger partial charge on any atom is -0.490 e. The molecule has 1 aliphatic rings. The van der Waals surface area contributed by atoms with Crippen LogP contribution in [0.15, 0.2) is 24.3 Å². The SMILES string of the molecule is CNC(CCOCC(F)F)c1cccc(OC2CC2)c1. The number of ether oxygens (including phenoxy) is 2. The Morgan fingerprint density at radius 3 is 2.80 bits per heavy atom. The summed E-state index contributed by atoms with van der Waals surface area (Å²) in [5.74, 6) is 0.874. The van der Waals surface area contributed by atoms with E-state index in [1.807, 2.05) is 31.3 Å². The average Bonchev–Trinajstić information content (AvgIpc) is 3.23. The largest absolute Gasteiger partial charge is 0.490 e. The third kappa shape index (κ3) is 5.06. The zero-order chi connectivity index (χ0) is 14.4. The lowest BCUT2D eigenvalue weighted by Crippen LogP contribution is -2.19. The monoisotopic (exact) mass is 285 g/mol. The van der Waals surface area contributed by atoms with E-state index in [1.54, 1.807) is 0 Å². The van der Waals surface area contributed by atoms with Gasteiger partial charge in [-0.1, -0.05) is 12.1 Å². The predicted molar refractivity (Wildman–Crippen MR) is 73.3 cm³/mol. The Balaban J connectivity index is 1.85. The first-order chi connectivity index (χ1) is 9.69. The minimum absolute atomic E-state index is 0.0791. The predicted octanol–water partition coefficient (Wildman–Crippen LogP) is 3.16. The molecule has 3 nitrogen and oxygen atoms in total. The molecule has 0 amide bonds. The Labute approximate surface area is 118 Å². The Morgan fingerprint density at radius 1 is 1.35 bits per heavy atom. The summed E-state index contributed by atoms with van der Waals surface area (Å²) < 4.78 is 34.7. The highest BCUT2D eigenvalue weighted by Gasteiger charge is 2.23. The molecule has 1 atom stereocenters. The smallest absolute Gasteiger partial charge is 0.261 e. The topological polar surface area (TPSA) is 30.5 Å². The standard InChI is InChI=1S/C15H21F2NO2/c1-18-14(7-8-19-10-15(16)17)11-3-2-4-13(9-11)20-12-5-6-12/h2-4,9,12,14-15,18H,5-8,10H2,1H3. The molecule has 0 spiro atoms. The molecule has 2 rings (SSSR count). The van der Waals surface area contributed by atoms with Gasteiger partial charge < -0.3 is 14.8 Å². The van der Waals surface area contributed by atoms with Crippen molar-refractivity contribution >= 4 is 0 Å². The number of halogens is 2. The highest BCUT2D eigenvalue weighted by Crippen LogP contribution is 2.28. The molecule has 1 fully saturated rings. The molecule has 0 heterocycles. The van der Waals surface area contributed by atoms with E-state index in [2.05, 4.69) is 5.32 Å². The van der Waals surface area contributed by atoms with Crippen LogP contribution < -0.4 is 10.1 Å². The third-order valence-electron chi connectivity index (χ3n) is 3.23. The molecule has 1 saturated carbocycles. The summed E-state index contributed by atoms with van der Waals surface area (Å²) in [6.45, 7) is -0.190. The number of hydrogen-bond acceptors (Lipinski definition) is 3. The summed E-state index contributed by atoms with van der Waals surface area (Å²) in [5, 5.41) is 3.18. The van der Waals surface area contributed by atoms with Gasteiger partial charge in [0.1, 0.15) is 12.4 Å². The fourth-order valence-corrected chi connectivity index (χ4v) is 2.03. The fourth-order valence-electron chi connectivity index (χ4n) is 2.03. The first-order valence-electron chi connectivity index (χ1n) is 6.99. The van der Waals surface area contributed by atoms with Gasteiger partial charge in [0.15, 0.2) is 0 Å². The van der Waals surface area contributed by atoms with Crippen molar-refractivity contribution < 1.29 is 18.3 Å². The Hall–Kier alpha value is -1.20. The van der Waals surface area contributed by atoms with E-state index in [0.29, 0.717) is 19.1 Å². The fraction of sp³-hybridized carbons (Fsp3) is 0.600. The second-order valence-electron chi connectivity index (χ2n) is 4.99. The summed E-state index contributed by atoms with van der Waals surface area (Å²) >= 11 is 0. The lowest BCUT2D eigenvalue weighted by Gasteiger charge is -2.17. The summed E-state index contributed by atoms with van der Waals surface area (Å²) in [6, 6.07) is 8.00. The third-order valence-corrected chi connectivity index (χ3v) is 3.23. The average molecular weight is 285 g/mol. The lowest BCUT2D eigenvalue weighted by molar-refractivity contribution is 0.0145. The molecule has 112 valence electrons. The summed E-state index contributed by atoms with van der Waals surface area (Å²) in [4.78, 5) is 0. The summed E-state index contributed by atoms with van der Waals surface area (Å²) in [5.41, 5.74) is 1.09. The van der Waals surface area contributed by atoms with E-state index in [0.717, 1.165) is 24.2 Å². The van der Waals surface area contributed by atoms with Gasteiger partial charge in [0.05, 0.1) is 6.10 Å². The van der Waals surface area contributed by atoms with Crippen LogP contribution in [-0.2, 0) is 4.74 Å². The van der Waals surface area contributed by atoms with E-state index in [9.17, 15) is 8.78 Å². The second-order valence-corrected chi connectivity index (χ2v) is 4.99. The second kappa shape index (κ2) is 7.55. The Morgan fingerprint density at radius 2 is 2.15 bits per heavy atom. The van der Waals surface area contributed by atoms with Crippen molar-refractivity contribution in [3.05, 3.63) is 29.8 Å². The number of alkyl halides is 2. The molecule has 1 N–H and O–H groups in total. The molecule has 1 aromatic carbocycles. The Kier molecular flexibility index (Phi) is 5.73. The maximum Gasteiger partial charge on any atom is 0.261 e. The maximum atomic E-state index is 12.0. The molecule has 1 aromatic rings. The van der Waals surface area contributed by atoms with Crippen LogP contribution in [0.5, 0.6) is 5.75 Å². The van der Waals surface area contributed by atoms with Gasteiger partial charge in [0.2, 0.25) is 0 Å². The van der Waals surface area contributed by atoms with Gasteiger partial charge >= 0.3 is 0 Å². The van der Waals surface area contributed by atoms with Crippen LogP contribution in [0.3, 0.4) is 0 Å². The van der Waals surface area contributed by atoms with Crippen LogP contribution in [0.1, 0.15) is 30.9 Å². The molecule has 0 saturated heterocycles. The summed E-state index contributed by atoms with van der Waals surface area (Å²) in [6.07, 6.45) is 0.865. The molecule has 1 aliphatic carbocycles. The van der Waals surface area contributed by atoms with Crippen molar-refractivity contribution in [2.24, 2.45) is 0 Å². The van der Waals surface area contributed by atoms with Crippen LogP contribution >= 0.6 is 0 Å². The quantitative estimate of drug-likeness (QED) is 0.707. The van der Waals surface area contributed by atoms with Gasteiger partial charge in [0.25, 0.3) is 6.43 Å². The molecular formula is C15H21F2NO2. The maximum absolute atomic E-state index is 12.0. The number of hydrogen-bond donors (Lipinski definition) is 1. The lowest BCUT2D eigenvalue weighted by atomic mass is 10.0. The van der Waals surface area contributed by atoms with Gasteiger partial charge in [-0.15, -0.1) is 0 Å². The van der Waals surface area contributed by atoms with E-state index < -0.39 is 13.0 Å². The zero-order valence-corrected chi connectivity index (χ0v) is 11.6. The van der Waals surface area contributed by atoms with Gasteiger partial charge in [-0.3, -0.25) is 0 Å². The zero-order valence-electron chi connectivity index (χ0n) is 11.6. The van der Waals surface area contributed by atoms with Gasteiger partial charge in [-0.2, -0.15) is 0 Å². The van der Waals surface area contributed by atoms with Crippen LogP contribution in [-0.4, -0.2) is 32.8 Å². The van der Waals surface area contributed by atoms with Crippen LogP contribution in [0, 0.1) is 0 Å². The van der Waals surface area contributed by atoms with Crippen LogP contribution in [0.25, 0.3) is 0 Å². The molecule has 0 radical (unpaired) electrons. The van der Waals surface area contributed by atoms with Crippen molar-refractivity contribution in [3.8, 4) is 5.75 Å². The van der Waals surface area contributed by atoms with Gasteiger partial charge in [-0.25, -0.2) is 8.78 Å². The van der Waals surface area contributed by atoms with E-state index in [1.165, 1.54) is 0 Å². The first-order valence-corrected chi connectivity index (χ1v) is 6.99. The number of nitrogens with one attached hydrogen (secondary N) is 1. The van der Waals surface area contributed by atoms with E-state index in [4.69, 9.17) is 9.47 Å². The molecule has 0 bridgehead atoms. The molecule has 0 aliphatic heterocycles. The number of rotatable bonds is 9. The van der Waals surface area contributed by atoms with E-state index in [-0.39, 0.29) is 6.04 Å². The van der Waals surface area contributed by atoms with Crippen molar-refractivity contribution in [2.45, 2.75) is 37.8 Å². The number of benzene rings is 1. The molecule has 5 heteroatoms. The van der Waals surface area contributed by atoms with E-state index >= 15 is 0 Å². The molecule has 1 unspecified atom stereocenters. The van der Waals surface area contributed by atoms with Gasteiger partial charge in [0, 0.05) is 12.6 Å². The van der Waals surface area contributed by atoms with Crippen molar-refractivity contribution in [1.82, 2.24) is 5.32 Å². The molecule has 20 heavy (non-hydrogen) atoms. The van der Waals surface area contributed by atoms with Crippen LogP contribution in [0.4, 0.5) is 8.78 Å². The van der Waals surface area contributed by atoms with Crippen molar-refractivity contribution in [1.29, 1.82) is 0 Å². The Bertz CT molecular complexity index is 411.